The minimum atomic E-state index is -0.283. The summed E-state index contributed by atoms with van der Waals surface area (Å²) in [5, 5.41) is 14.0. The number of tetrazole rings is 1. The quantitative estimate of drug-likeness (QED) is 0.198. The average molecular weight is 789 g/mol. The van der Waals surface area contributed by atoms with Gasteiger partial charge in [-0.25, -0.2) is 0 Å². The Morgan fingerprint density at radius 1 is 0.674 bits per heavy atom. The third-order valence-corrected chi connectivity index (χ3v) is 6.68. The molecule has 8 aromatic rings. The summed E-state index contributed by atoms with van der Waals surface area (Å²) in [7, 11) is 3.87. The first-order chi connectivity index (χ1) is 22.0. The third kappa shape index (κ3) is 7.09. The first-order valence-electron chi connectivity index (χ1n) is 13.7. The van der Waals surface area contributed by atoms with E-state index in [-0.39, 0.29) is 31.7 Å². The summed E-state index contributed by atoms with van der Waals surface area (Å²) in [5.41, 5.74) is 6.45. The maximum absolute atomic E-state index is 12.9. The van der Waals surface area contributed by atoms with Crippen LogP contribution in [0.5, 0.6) is 0 Å². The molecule has 0 aliphatic carbocycles. The number of rotatable bonds is 3. The molecular weight excluding hydrogens is 765 g/mol. The van der Waals surface area contributed by atoms with E-state index in [1.54, 1.807) is 24.4 Å². The van der Waals surface area contributed by atoms with Crippen LogP contribution in [0.1, 0.15) is 0 Å². The number of hydrogen-bond acceptors (Lipinski definition) is 4. The molecule has 4 heterocycles. The van der Waals surface area contributed by atoms with Crippen molar-refractivity contribution < 1.29 is 38.0 Å². The molecule has 0 fully saturated rings. The smallest absolute Gasteiger partial charge is 0.242 e. The maximum atomic E-state index is 12.9. The van der Waals surface area contributed by atoms with Crippen LogP contribution in [0.3, 0.4) is 0 Å². The fourth-order valence-corrected chi connectivity index (χ4v) is 4.57. The number of fused-ring (bicyclic) bond motifs is 2. The van der Waals surface area contributed by atoms with E-state index in [0.717, 1.165) is 33.4 Å². The Balaban J connectivity index is 0.000000138. The zero-order valence-corrected chi connectivity index (χ0v) is 26.9. The number of benzene rings is 4. The molecule has 0 atom stereocenters. The summed E-state index contributed by atoms with van der Waals surface area (Å²) < 4.78 is 33.3. The van der Waals surface area contributed by atoms with Gasteiger partial charge in [-0.15, -0.1) is 24.3 Å². The molecule has 0 bridgehead atoms. The minimum Gasteiger partial charge on any atom is -0.342 e. The topological polar surface area (TPSA) is 83.3 Å². The standard InChI is InChI=1S/2C14H10FN2.C6H4N5.Ir/c2*1-16-10-17(12-8-6-11(15)7-9-12)14-5-3-2-4-13(14)16;1-2-4-7-5(3-1)6-8-10-11-9-6;/h2*2-8H,1H3;1-4H;/q3*-1;. The molecule has 0 N–H and O–H groups in total. The second kappa shape index (κ2) is 14.6. The molecule has 0 unspecified atom stereocenters. The Morgan fingerprint density at radius 3 is 1.63 bits per heavy atom. The SMILES string of the molecule is C[n+]1[c-]n(-c2[c-]cc(F)cc2)c2ccccc21.C[n+]1[c-]n(-c2[c-]cc(F)cc2)c2ccccc21.[Ir].c1ccc(-c2nnn[n-]2)nc1. The first-order valence-corrected chi connectivity index (χ1v) is 13.7. The molecule has 0 aliphatic heterocycles. The largest absolute Gasteiger partial charge is 0.342 e. The molecule has 8 rings (SSSR count). The number of halogens is 2. The van der Waals surface area contributed by atoms with Gasteiger partial charge in [0.25, 0.3) is 0 Å². The van der Waals surface area contributed by atoms with E-state index in [1.165, 1.54) is 24.3 Å². The Kier molecular flexibility index (Phi) is 10.1. The van der Waals surface area contributed by atoms with Crippen molar-refractivity contribution in [1.29, 1.82) is 0 Å². The van der Waals surface area contributed by atoms with Gasteiger partial charge in [-0.2, -0.15) is 29.5 Å². The number of pyridine rings is 1. The van der Waals surface area contributed by atoms with Crippen molar-refractivity contribution in [2.75, 3.05) is 0 Å². The van der Waals surface area contributed by atoms with Crippen molar-refractivity contribution in [2.24, 2.45) is 14.1 Å². The zero-order chi connectivity index (χ0) is 31.2. The second-order valence-electron chi connectivity index (χ2n) is 9.67. The second-order valence-corrected chi connectivity index (χ2v) is 9.67. The molecular formula is C34H24F2IrN9-3. The number of imidazole rings is 2. The van der Waals surface area contributed by atoms with Crippen molar-refractivity contribution in [3.63, 3.8) is 0 Å². The molecule has 0 saturated heterocycles. The van der Waals surface area contributed by atoms with Crippen LogP contribution in [0, 0.1) is 36.4 Å². The molecule has 231 valence electrons. The maximum Gasteiger partial charge on any atom is 0.242 e. The van der Waals surface area contributed by atoms with Crippen LogP contribution in [-0.4, -0.2) is 29.6 Å². The summed E-state index contributed by atoms with van der Waals surface area (Å²) in [6, 6.07) is 36.1. The van der Waals surface area contributed by atoms with Crippen LogP contribution >= 0.6 is 0 Å². The fourth-order valence-electron chi connectivity index (χ4n) is 4.57. The first kappa shape index (κ1) is 32.0. The molecule has 4 aromatic heterocycles. The molecule has 0 amide bonds. The number of nitrogens with zero attached hydrogens (tertiary/aromatic N) is 9. The van der Waals surface area contributed by atoms with E-state index < -0.39 is 0 Å². The van der Waals surface area contributed by atoms with Crippen LogP contribution in [0.4, 0.5) is 8.78 Å². The summed E-state index contributed by atoms with van der Waals surface area (Å²) >= 11 is 0. The molecule has 0 saturated carbocycles. The molecule has 12 heteroatoms. The third-order valence-electron chi connectivity index (χ3n) is 6.68. The molecule has 0 aliphatic rings. The molecule has 0 spiro atoms. The Labute approximate surface area is 276 Å². The van der Waals surface area contributed by atoms with Crippen LogP contribution in [-0.2, 0) is 34.2 Å². The molecule has 4 aromatic carbocycles. The van der Waals surface area contributed by atoms with Gasteiger partial charge < -0.3 is 23.4 Å². The van der Waals surface area contributed by atoms with Crippen molar-refractivity contribution >= 4 is 22.1 Å². The van der Waals surface area contributed by atoms with E-state index in [2.05, 4.69) is 50.4 Å². The summed E-state index contributed by atoms with van der Waals surface area (Å²) in [6.07, 6.45) is 8.01. The number of hydrogen-bond donors (Lipinski definition) is 0. The van der Waals surface area contributed by atoms with E-state index in [4.69, 9.17) is 0 Å². The molecule has 9 nitrogen and oxygen atoms in total. The number of para-hydroxylation sites is 4. The zero-order valence-electron chi connectivity index (χ0n) is 24.5. The monoisotopic (exact) mass is 789 g/mol. The van der Waals surface area contributed by atoms with E-state index in [9.17, 15) is 8.78 Å². The van der Waals surface area contributed by atoms with Gasteiger partial charge in [0.1, 0.15) is 0 Å². The van der Waals surface area contributed by atoms with Crippen molar-refractivity contribution in [3.8, 4) is 22.9 Å². The van der Waals surface area contributed by atoms with Gasteiger partial charge in [0, 0.05) is 37.9 Å². The van der Waals surface area contributed by atoms with Gasteiger partial charge in [-0.3, -0.25) is 24.1 Å². The number of aryl methyl sites for hydroxylation is 2. The summed E-state index contributed by atoms with van der Waals surface area (Å²) in [4.78, 5) is 4.02. The number of aromatic nitrogens is 9. The fraction of sp³-hybridized carbons (Fsp3) is 0.0588. The van der Waals surface area contributed by atoms with Crippen LogP contribution < -0.4 is 14.2 Å². The molecule has 1 radical (unpaired) electrons. The van der Waals surface area contributed by atoms with Gasteiger partial charge >= 0.3 is 0 Å². The Hall–Kier alpha value is -5.45. The van der Waals surface area contributed by atoms with Crippen molar-refractivity contribution in [3.05, 3.63) is 146 Å². The summed E-state index contributed by atoms with van der Waals surface area (Å²) in [5.74, 6) is -0.102. The molecule has 46 heavy (non-hydrogen) atoms. The minimum absolute atomic E-state index is 0. The van der Waals surface area contributed by atoms with E-state index in [0.29, 0.717) is 11.5 Å². The average Bonchev–Trinajstić information content (AvgIpc) is 3.82. The van der Waals surface area contributed by atoms with Crippen LogP contribution in [0.15, 0.2) is 109 Å². The Bertz CT molecular complexity index is 2020. The predicted molar refractivity (Wildman–Crippen MR) is 161 cm³/mol. The van der Waals surface area contributed by atoms with Gasteiger partial charge in [0.05, 0.1) is 47.7 Å². The predicted octanol–water partition coefficient (Wildman–Crippen LogP) is 4.28. The van der Waals surface area contributed by atoms with E-state index in [1.807, 2.05) is 93.0 Å². The van der Waals surface area contributed by atoms with Gasteiger partial charge in [-0.05, 0) is 12.1 Å². The van der Waals surface area contributed by atoms with Crippen molar-refractivity contribution in [2.45, 2.75) is 0 Å². The Morgan fingerprint density at radius 2 is 1.20 bits per heavy atom. The van der Waals surface area contributed by atoms with E-state index >= 15 is 0 Å². The summed E-state index contributed by atoms with van der Waals surface area (Å²) in [6.45, 7) is 0. The van der Waals surface area contributed by atoms with Gasteiger partial charge in [0.2, 0.25) is 12.7 Å². The van der Waals surface area contributed by atoms with Crippen LogP contribution in [0.25, 0.3) is 45.0 Å². The normalized spacial score (nSPS) is 10.4. The van der Waals surface area contributed by atoms with Gasteiger partial charge in [-0.1, -0.05) is 66.0 Å². The van der Waals surface area contributed by atoms with Gasteiger partial charge in [0.15, 0.2) is 0 Å². The van der Waals surface area contributed by atoms with Crippen LogP contribution in [0.2, 0.25) is 0 Å². The van der Waals surface area contributed by atoms with Crippen molar-refractivity contribution in [1.82, 2.24) is 34.7 Å².